The minimum absolute atomic E-state index is 0.271. The Morgan fingerprint density at radius 2 is 2.11 bits per heavy atom. The SMILES string of the molecule is CCNCc1cc(F)cnc1N(CC)C(C)CC. The third-order valence-electron chi connectivity index (χ3n) is 3.21. The summed E-state index contributed by atoms with van der Waals surface area (Å²) in [6, 6.07) is 1.99. The number of rotatable bonds is 7. The van der Waals surface area contributed by atoms with Gasteiger partial charge in [0.2, 0.25) is 0 Å². The summed E-state index contributed by atoms with van der Waals surface area (Å²) in [4.78, 5) is 6.51. The van der Waals surface area contributed by atoms with Crippen LogP contribution in [0.2, 0.25) is 0 Å². The van der Waals surface area contributed by atoms with E-state index in [2.05, 4.69) is 36.0 Å². The number of halogens is 1. The van der Waals surface area contributed by atoms with E-state index in [-0.39, 0.29) is 5.82 Å². The summed E-state index contributed by atoms with van der Waals surface area (Å²) < 4.78 is 13.3. The average Bonchev–Trinajstić information content (AvgIpc) is 2.38. The van der Waals surface area contributed by atoms with Gasteiger partial charge in [-0.15, -0.1) is 0 Å². The van der Waals surface area contributed by atoms with Gasteiger partial charge in [-0.3, -0.25) is 0 Å². The van der Waals surface area contributed by atoms with E-state index in [4.69, 9.17) is 0 Å². The molecule has 1 N–H and O–H groups in total. The molecule has 1 aromatic heterocycles. The van der Waals surface area contributed by atoms with E-state index in [1.807, 2.05) is 6.92 Å². The van der Waals surface area contributed by atoms with Crippen molar-refractivity contribution < 1.29 is 4.39 Å². The van der Waals surface area contributed by atoms with E-state index in [1.165, 1.54) is 6.20 Å². The molecule has 18 heavy (non-hydrogen) atoms. The Bertz CT molecular complexity index is 368. The molecule has 0 aliphatic rings. The molecule has 0 amide bonds. The van der Waals surface area contributed by atoms with Crippen LogP contribution in [0.25, 0.3) is 0 Å². The topological polar surface area (TPSA) is 28.2 Å². The van der Waals surface area contributed by atoms with Gasteiger partial charge in [0.1, 0.15) is 11.6 Å². The largest absolute Gasteiger partial charge is 0.354 e. The fraction of sp³-hybridized carbons (Fsp3) is 0.643. The average molecular weight is 253 g/mol. The van der Waals surface area contributed by atoms with Crippen LogP contribution in [0, 0.1) is 5.82 Å². The second-order valence-electron chi connectivity index (χ2n) is 4.46. The molecule has 1 atom stereocenters. The molecule has 1 aromatic rings. The van der Waals surface area contributed by atoms with Gasteiger partial charge in [0.15, 0.2) is 0 Å². The number of hydrogen-bond acceptors (Lipinski definition) is 3. The first kappa shape index (κ1) is 14.9. The Morgan fingerprint density at radius 3 is 2.67 bits per heavy atom. The van der Waals surface area contributed by atoms with Crippen LogP contribution in [-0.4, -0.2) is 24.1 Å². The molecule has 102 valence electrons. The summed E-state index contributed by atoms with van der Waals surface area (Å²) in [5.41, 5.74) is 0.930. The van der Waals surface area contributed by atoms with Crippen LogP contribution >= 0.6 is 0 Å². The maximum atomic E-state index is 13.3. The maximum absolute atomic E-state index is 13.3. The number of nitrogens with one attached hydrogen (secondary N) is 1. The van der Waals surface area contributed by atoms with E-state index in [9.17, 15) is 4.39 Å². The van der Waals surface area contributed by atoms with Crippen molar-refractivity contribution in [3.63, 3.8) is 0 Å². The molecule has 0 spiro atoms. The highest BCUT2D eigenvalue weighted by atomic mass is 19.1. The highest BCUT2D eigenvalue weighted by Gasteiger charge is 2.16. The van der Waals surface area contributed by atoms with Crippen LogP contribution in [0.1, 0.15) is 39.7 Å². The predicted octanol–water partition coefficient (Wildman–Crippen LogP) is 2.96. The third kappa shape index (κ3) is 3.67. The molecule has 0 saturated carbocycles. The van der Waals surface area contributed by atoms with Gasteiger partial charge >= 0.3 is 0 Å². The Balaban J connectivity index is 3.04. The monoisotopic (exact) mass is 253 g/mol. The van der Waals surface area contributed by atoms with Gasteiger partial charge in [-0.1, -0.05) is 13.8 Å². The lowest BCUT2D eigenvalue weighted by molar-refractivity contribution is 0.595. The summed E-state index contributed by atoms with van der Waals surface area (Å²) in [7, 11) is 0. The molecule has 4 heteroatoms. The van der Waals surface area contributed by atoms with Gasteiger partial charge in [-0.2, -0.15) is 0 Å². The second kappa shape index (κ2) is 7.31. The van der Waals surface area contributed by atoms with Gasteiger partial charge in [-0.05, 0) is 32.9 Å². The fourth-order valence-electron chi connectivity index (χ4n) is 2.01. The predicted molar refractivity (Wildman–Crippen MR) is 74.3 cm³/mol. The van der Waals surface area contributed by atoms with Crippen molar-refractivity contribution in [1.29, 1.82) is 0 Å². The van der Waals surface area contributed by atoms with E-state index >= 15 is 0 Å². The summed E-state index contributed by atoms with van der Waals surface area (Å²) in [6.45, 7) is 10.9. The maximum Gasteiger partial charge on any atom is 0.141 e. The van der Waals surface area contributed by atoms with Gasteiger partial charge in [0, 0.05) is 24.7 Å². The van der Waals surface area contributed by atoms with Crippen molar-refractivity contribution in [1.82, 2.24) is 10.3 Å². The summed E-state index contributed by atoms with van der Waals surface area (Å²) in [5, 5.41) is 3.23. The van der Waals surface area contributed by atoms with Crippen molar-refractivity contribution in [3.8, 4) is 0 Å². The smallest absolute Gasteiger partial charge is 0.141 e. The summed E-state index contributed by atoms with van der Waals surface area (Å²) in [5.74, 6) is 0.626. The highest BCUT2D eigenvalue weighted by molar-refractivity contribution is 5.47. The van der Waals surface area contributed by atoms with Crippen LogP contribution < -0.4 is 10.2 Å². The molecule has 0 aliphatic heterocycles. The number of pyridine rings is 1. The second-order valence-corrected chi connectivity index (χ2v) is 4.46. The zero-order valence-electron chi connectivity index (χ0n) is 11.8. The molecule has 0 aromatic carbocycles. The molecule has 0 radical (unpaired) electrons. The molecule has 0 fully saturated rings. The molecule has 1 rings (SSSR count). The van der Waals surface area contributed by atoms with Crippen molar-refractivity contribution in [3.05, 3.63) is 23.6 Å². The molecular weight excluding hydrogens is 229 g/mol. The van der Waals surface area contributed by atoms with Crippen LogP contribution in [-0.2, 0) is 6.54 Å². The molecule has 0 bridgehead atoms. The van der Waals surface area contributed by atoms with Gasteiger partial charge in [-0.25, -0.2) is 9.37 Å². The Kier molecular flexibility index (Phi) is 6.05. The number of aromatic nitrogens is 1. The number of anilines is 1. The van der Waals surface area contributed by atoms with Crippen molar-refractivity contribution in [2.24, 2.45) is 0 Å². The normalized spacial score (nSPS) is 12.5. The lowest BCUT2D eigenvalue weighted by Gasteiger charge is -2.30. The zero-order valence-corrected chi connectivity index (χ0v) is 11.8. The van der Waals surface area contributed by atoms with Crippen molar-refractivity contribution in [2.75, 3.05) is 18.0 Å². The van der Waals surface area contributed by atoms with Crippen molar-refractivity contribution in [2.45, 2.75) is 46.7 Å². The lowest BCUT2D eigenvalue weighted by Crippen LogP contribution is -2.34. The Hall–Kier alpha value is -1.16. The van der Waals surface area contributed by atoms with Crippen LogP contribution in [0.4, 0.5) is 10.2 Å². The van der Waals surface area contributed by atoms with Crippen LogP contribution in [0.3, 0.4) is 0 Å². The van der Waals surface area contributed by atoms with Crippen LogP contribution in [0.5, 0.6) is 0 Å². The van der Waals surface area contributed by atoms with Crippen LogP contribution in [0.15, 0.2) is 12.3 Å². The lowest BCUT2D eigenvalue weighted by atomic mass is 10.1. The van der Waals surface area contributed by atoms with Crippen molar-refractivity contribution >= 4 is 5.82 Å². The first-order chi connectivity index (χ1) is 8.63. The van der Waals surface area contributed by atoms with Gasteiger partial charge < -0.3 is 10.2 Å². The summed E-state index contributed by atoms with van der Waals surface area (Å²) >= 11 is 0. The molecule has 0 aliphatic carbocycles. The Morgan fingerprint density at radius 1 is 1.39 bits per heavy atom. The van der Waals surface area contributed by atoms with E-state index in [0.717, 1.165) is 30.9 Å². The Labute approximate surface area is 109 Å². The minimum atomic E-state index is -0.271. The van der Waals surface area contributed by atoms with Gasteiger partial charge in [0.05, 0.1) is 6.20 Å². The molecule has 0 saturated heterocycles. The highest BCUT2D eigenvalue weighted by Crippen LogP contribution is 2.21. The van der Waals surface area contributed by atoms with Gasteiger partial charge in [0.25, 0.3) is 0 Å². The first-order valence-corrected chi connectivity index (χ1v) is 6.75. The van der Waals surface area contributed by atoms with E-state index in [1.54, 1.807) is 6.07 Å². The standard InChI is InChI=1S/C14H24FN3/c1-5-11(4)18(7-3)14-12(9-16-6-2)8-13(15)10-17-14/h8,10-11,16H,5-7,9H2,1-4H3. The summed E-state index contributed by atoms with van der Waals surface area (Å²) in [6.07, 6.45) is 2.35. The molecule has 1 unspecified atom stereocenters. The first-order valence-electron chi connectivity index (χ1n) is 6.75. The third-order valence-corrected chi connectivity index (χ3v) is 3.21. The number of nitrogens with zero attached hydrogens (tertiary/aromatic N) is 2. The molecular formula is C14H24FN3. The zero-order chi connectivity index (χ0) is 13.5. The molecule has 3 nitrogen and oxygen atoms in total. The fourth-order valence-corrected chi connectivity index (χ4v) is 2.01. The van der Waals surface area contributed by atoms with E-state index < -0.39 is 0 Å². The molecule has 1 heterocycles. The van der Waals surface area contributed by atoms with E-state index in [0.29, 0.717) is 12.6 Å². The minimum Gasteiger partial charge on any atom is -0.354 e. The quantitative estimate of drug-likeness (QED) is 0.809. The number of hydrogen-bond donors (Lipinski definition) is 1.